The van der Waals surface area contributed by atoms with Gasteiger partial charge in [-0.05, 0) is 13.8 Å². The van der Waals surface area contributed by atoms with E-state index in [2.05, 4.69) is 32.3 Å². The Morgan fingerprint density at radius 2 is 2.04 bits per heavy atom. The van der Waals surface area contributed by atoms with Crippen LogP contribution in [0.1, 0.15) is 11.4 Å². The number of aryl methyl sites for hydroxylation is 2. The second-order valence-corrected chi connectivity index (χ2v) is 4.75. The van der Waals surface area contributed by atoms with E-state index in [1.54, 1.807) is 19.9 Å². The highest BCUT2D eigenvalue weighted by atomic mass is 16.2. The minimum atomic E-state index is -0.858. The number of amides is 2. The first-order chi connectivity index (χ1) is 10.9. The van der Waals surface area contributed by atoms with E-state index in [1.807, 2.05) is 0 Å². The van der Waals surface area contributed by atoms with Gasteiger partial charge in [0, 0.05) is 24.4 Å². The maximum atomic E-state index is 11.9. The molecule has 0 radical (unpaired) electrons. The molecule has 2 rings (SSSR count). The van der Waals surface area contributed by atoms with Gasteiger partial charge in [0.1, 0.15) is 5.82 Å². The van der Waals surface area contributed by atoms with Gasteiger partial charge in [0.15, 0.2) is 0 Å². The van der Waals surface area contributed by atoms with Crippen molar-refractivity contribution < 1.29 is 9.59 Å². The van der Waals surface area contributed by atoms with Crippen molar-refractivity contribution in [3.05, 3.63) is 46.5 Å². The number of nitrogens with zero attached hydrogens (tertiary/aromatic N) is 3. The standard InChI is InChI=1S/C14H16N6O3/c1-4-5-15-12(22)13(23)17-10-6-9(3)19-20(10)14-16-8(2)7-11(21)18-14/h4,6-7H,1,5H2,2-3H3,(H,15,22)(H,17,23)(H,16,18,21). The second kappa shape index (κ2) is 6.69. The quantitative estimate of drug-likeness (QED) is 0.533. The summed E-state index contributed by atoms with van der Waals surface area (Å²) in [5, 5.41) is 8.95. The van der Waals surface area contributed by atoms with E-state index in [0.717, 1.165) is 0 Å². The summed E-state index contributed by atoms with van der Waals surface area (Å²) in [6.07, 6.45) is 1.46. The van der Waals surface area contributed by atoms with Crippen LogP contribution in [0.2, 0.25) is 0 Å². The molecule has 2 amide bonds. The van der Waals surface area contributed by atoms with E-state index >= 15 is 0 Å². The Kier molecular flexibility index (Phi) is 4.69. The third-order valence-corrected chi connectivity index (χ3v) is 2.74. The lowest BCUT2D eigenvalue weighted by Crippen LogP contribution is -2.36. The average molecular weight is 316 g/mol. The summed E-state index contributed by atoms with van der Waals surface area (Å²) < 4.78 is 1.25. The third-order valence-electron chi connectivity index (χ3n) is 2.74. The van der Waals surface area contributed by atoms with Gasteiger partial charge in [0.2, 0.25) is 5.95 Å². The summed E-state index contributed by atoms with van der Waals surface area (Å²) in [7, 11) is 0. The monoisotopic (exact) mass is 316 g/mol. The highest BCUT2D eigenvalue weighted by molar-refractivity contribution is 6.39. The van der Waals surface area contributed by atoms with E-state index < -0.39 is 11.8 Å². The summed E-state index contributed by atoms with van der Waals surface area (Å²) >= 11 is 0. The number of nitrogens with one attached hydrogen (secondary N) is 3. The Morgan fingerprint density at radius 3 is 2.70 bits per heavy atom. The normalized spacial score (nSPS) is 10.2. The van der Waals surface area contributed by atoms with Crippen molar-refractivity contribution in [2.45, 2.75) is 13.8 Å². The maximum absolute atomic E-state index is 11.9. The molecule has 9 heteroatoms. The van der Waals surface area contributed by atoms with Gasteiger partial charge in [-0.1, -0.05) is 6.08 Å². The molecule has 0 fully saturated rings. The zero-order valence-electron chi connectivity index (χ0n) is 12.7. The van der Waals surface area contributed by atoms with E-state index in [1.165, 1.54) is 16.8 Å². The zero-order valence-corrected chi connectivity index (χ0v) is 12.7. The first kappa shape index (κ1) is 16.1. The molecular weight excluding hydrogens is 300 g/mol. The number of carbonyl (C=O) groups is 2. The molecule has 0 unspecified atom stereocenters. The van der Waals surface area contributed by atoms with E-state index in [9.17, 15) is 14.4 Å². The number of aromatic nitrogens is 4. The maximum Gasteiger partial charge on any atom is 0.314 e. The number of aromatic amines is 1. The fourth-order valence-corrected chi connectivity index (χ4v) is 1.83. The SMILES string of the molecule is C=CCNC(=O)C(=O)Nc1cc(C)nn1-c1nc(C)cc(=O)[nH]1. The van der Waals surface area contributed by atoms with Gasteiger partial charge in [-0.15, -0.1) is 6.58 Å². The van der Waals surface area contributed by atoms with Gasteiger partial charge in [-0.2, -0.15) is 9.78 Å². The molecule has 23 heavy (non-hydrogen) atoms. The topological polar surface area (TPSA) is 122 Å². The van der Waals surface area contributed by atoms with Gasteiger partial charge < -0.3 is 10.6 Å². The number of hydrogen-bond donors (Lipinski definition) is 3. The zero-order chi connectivity index (χ0) is 17.0. The molecular formula is C14H16N6O3. The number of anilines is 1. The van der Waals surface area contributed by atoms with Crippen molar-refractivity contribution >= 4 is 17.6 Å². The van der Waals surface area contributed by atoms with Crippen molar-refractivity contribution in [1.82, 2.24) is 25.1 Å². The lowest BCUT2D eigenvalue weighted by atomic mass is 10.4. The largest absolute Gasteiger partial charge is 0.344 e. The lowest BCUT2D eigenvalue weighted by Gasteiger charge is -2.08. The molecule has 0 aliphatic carbocycles. The summed E-state index contributed by atoms with van der Waals surface area (Å²) in [6, 6.07) is 2.89. The third kappa shape index (κ3) is 3.90. The molecule has 2 aromatic rings. The van der Waals surface area contributed by atoms with Gasteiger partial charge >= 0.3 is 11.8 Å². The molecule has 0 aliphatic rings. The lowest BCUT2D eigenvalue weighted by molar-refractivity contribution is -0.136. The predicted molar refractivity (Wildman–Crippen MR) is 83.3 cm³/mol. The molecule has 2 heterocycles. The number of rotatable bonds is 4. The second-order valence-electron chi connectivity index (χ2n) is 4.75. The Balaban J connectivity index is 2.30. The highest BCUT2D eigenvalue weighted by Gasteiger charge is 2.17. The van der Waals surface area contributed by atoms with Crippen LogP contribution >= 0.6 is 0 Å². The number of carbonyl (C=O) groups excluding carboxylic acids is 2. The first-order valence-electron chi connectivity index (χ1n) is 6.76. The molecule has 2 aromatic heterocycles. The van der Waals surface area contributed by atoms with Gasteiger partial charge in [0.05, 0.1) is 5.69 Å². The van der Waals surface area contributed by atoms with Crippen molar-refractivity contribution in [2.75, 3.05) is 11.9 Å². The highest BCUT2D eigenvalue weighted by Crippen LogP contribution is 2.13. The smallest absolute Gasteiger partial charge is 0.314 e. The van der Waals surface area contributed by atoms with Crippen molar-refractivity contribution in [3.63, 3.8) is 0 Å². The van der Waals surface area contributed by atoms with Crippen LogP contribution in [0.4, 0.5) is 5.82 Å². The van der Waals surface area contributed by atoms with Gasteiger partial charge in [-0.3, -0.25) is 19.4 Å². The van der Waals surface area contributed by atoms with Crippen LogP contribution in [0.15, 0.2) is 29.6 Å². The van der Waals surface area contributed by atoms with Crippen molar-refractivity contribution in [2.24, 2.45) is 0 Å². The van der Waals surface area contributed by atoms with Crippen molar-refractivity contribution in [1.29, 1.82) is 0 Å². The van der Waals surface area contributed by atoms with Crippen LogP contribution in [0.3, 0.4) is 0 Å². The molecule has 120 valence electrons. The first-order valence-corrected chi connectivity index (χ1v) is 6.76. The summed E-state index contributed by atoms with van der Waals surface area (Å²) in [6.45, 7) is 6.99. The van der Waals surface area contributed by atoms with Crippen molar-refractivity contribution in [3.8, 4) is 5.95 Å². The van der Waals surface area contributed by atoms with E-state index in [4.69, 9.17) is 0 Å². The fourth-order valence-electron chi connectivity index (χ4n) is 1.83. The fraction of sp³-hybridized carbons (Fsp3) is 0.214. The minimum Gasteiger partial charge on any atom is -0.344 e. The Hall–Kier alpha value is -3.23. The predicted octanol–water partition coefficient (Wildman–Crippen LogP) is -0.187. The van der Waals surface area contributed by atoms with E-state index in [-0.39, 0.29) is 23.9 Å². The van der Waals surface area contributed by atoms with Gasteiger partial charge in [0.25, 0.3) is 5.56 Å². The van der Waals surface area contributed by atoms with Crippen LogP contribution in [-0.2, 0) is 9.59 Å². The van der Waals surface area contributed by atoms with Gasteiger partial charge in [-0.25, -0.2) is 4.98 Å². The summed E-state index contributed by atoms with van der Waals surface area (Å²) in [4.78, 5) is 41.7. The van der Waals surface area contributed by atoms with E-state index in [0.29, 0.717) is 11.4 Å². The Morgan fingerprint density at radius 1 is 1.30 bits per heavy atom. The molecule has 0 saturated carbocycles. The average Bonchev–Trinajstić information content (AvgIpc) is 2.84. The van der Waals surface area contributed by atoms with Crippen LogP contribution in [-0.4, -0.2) is 38.1 Å². The Labute approximate surface area is 131 Å². The summed E-state index contributed by atoms with van der Waals surface area (Å²) in [5.74, 6) is -1.30. The molecule has 0 aromatic carbocycles. The van der Waals surface area contributed by atoms with Crippen LogP contribution in [0.5, 0.6) is 0 Å². The molecule has 3 N–H and O–H groups in total. The summed E-state index contributed by atoms with van der Waals surface area (Å²) in [5.41, 5.74) is 0.732. The molecule has 9 nitrogen and oxygen atoms in total. The molecule has 0 spiro atoms. The molecule has 0 atom stereocenters. The van der Waals surface area contributed by atoms with Crippen LogP contribution in [0.25, 0.3) is 5.95 Å². The molecule has 0 bridgehead atoms. The number of hydrogen-bond acceptors (Lipinski definition) is 5. The Bertz CT molecular complexity index is 820. The molecule has 0 saturated heterocycles. The van der Waals surface area contributed by atoms with Crippen LogP contribution < -0.4 is 16.2 Å². The number of H-pyrrole nitrogens is 1. The minimum absolute atomic E-state index is 0.143. The van der Waals surface area contributed by atoms with Crippen LogP contribution in [0, 0.1) is 13.8 Å². The molecule has 0 aliphatic heterocycles.